The second-order valence-electron chi connectivity index (χ2n) is 6.52. The lowest BCUT2D eigenvalue weighted by Gasteiger charge is -2.22. The number of hydrogen-bond acceptors (Lipinski definition) is 6. The molecule has 4 heterocycles. The number of Topliss-reactive ketones (excluding diaryl/α,β-unsaturated/α-hetero) is 1. The van der Waals surface area contributed by atoms with Crippen molar-refractivity contribution in [3.8, 4) is 10.4 Å². The number of rotatable bonds is 5. The number of aromatic nitrogens is 3. The molecule has 128 valence electrons. The molecule has 3 aromatic heterocycles. The third-order valence-electron chi connectivity index (χ3n) is 4.85. The lowest BCUT2D eigenvalue weighted by molar-refractivity contribution is -0.122. The predicted molar refractivity (Wildman–Crippen MR) is 99.6 cm³/mol. The van der Waals surface area contributed by atoms with Crippen LogP contribution < -0.4 is 0 Å². The molecular weight excluding hydrogens is 332 g/mol. The van der Waals surface area contributed by atoms with Gasteiger partial charge in [-0.25, -0.2) is 0 Å². The number of hydrogen-bond donors (Lipinski definition) is 0. The highest BCUT2D eigenvalue weighted by Crippen LogP contribution is 2.25. The van der Waals surface area contributed by atoms with Crippen LogP contribution in [0.3, 0.4) is 0 Å². The number of carbonyl (C=O) groups excluding carboxylic acids is 1. The van der Waals surface area contributed by atoms with E-state index in [0.717, 1.165) is 40.1 Å². The Labute approximate surface area is 150 Å². The molecule has 3 aromatic rings. The molecule has 1 unspecified atom stereocenters. The highest BCUT2D eigenvalue weighted by Gasteiger charge is 2.24. The maximum Gasteiger partial charge on any atom is 0.155 e. The summed E-state index contributed by atoms with van der Waals surface area (Å²) < 4.78 is 0. The Morgan fingerprint density at radius 2 is 2.04 bits per heavy atom. The normalized spacial score (nSPS) is 16.4. The maximum absolute atomic E-state index is 12.6. The van der Waals surface area contributed by atoms with Crippen LogP contribution >= 0.6 is 11.3 Å². The summed E-state index contributed by atoms with van der Waals surface area (Å²) in [5.74, 6) is 0.236. The zero-order valence-electron chi connectivity index (χ0n) is 14.2. The van der Waals surface area contributed by atoms with Crippen LogP contribution in [0.4, 0.5) is 0 Å². The zero-order valence-corrected chi connectivity index (χ0v) is 15.0. The maximum atomic E-state index is 12.6. The van der Waals surface area contributed by atoms with E-state index >= 15 is 0 Å². The van der Waals surface area contributed by atoms with Crippen molar-refractivity contribution in [2.45, 2.75) is 32.2 Å². The second-order valence-corrected chi connectivity index (χ2v) is 7.41. The summed E-state index contributed by atoms with van der Waals surface area (Å²) in [6.45, 7) is 4.07. The van der Waals surface area contributed by atoms with E-state index in [4.69, 9.17) is 0 Å². The topological polar surface area (TPSA) is 59.0 Å². The van der Waals surface area contributed by atoms with E-state index in [-0.39, 0.29) is 11.8 Å². The molecule has 0 radical (unpaired) electrons. The molecule has 25 heavy (non-hydrogen) atoms. The van der Waals surface area contributed by atoms with Gasteiger partial charge >= 0.3 is 0 Å². The Kier molecular flexibility index (Phi) is 4.55. The molecule has 0 aliphatic carbocycles. The summed E-state index contributed by atoms with van der Waals surface area (Å²) >= 11 is 1.59. The highest BCUT2D eigenvalue weighted by atomic mass is 32.1. The van der Waals surface area contributed by atoms with Gasteiger partial charge in [-0.1, -0.05) is 0 Å². The Morgan fingerprint density at radius 1 is 1.20 bits per heavy atom. The molecular formula is C19H20N4OS. The van der Waals surface area contributed by atoms with E-state index < -0.39 is 0 Å². The number of carbonyl (C=O) groups is 1. The molecule has 4 rings (SSSR count). The van der Waals surface area contributed by atoms with Gasteiger partial charge in [0.2, 0.25) is 0 Å². The average Bonchev–Trinajstić information content (AvgIpc) is 3.34. The summed E-state index contributed by atoms with van der Waals surface area (Å²) in [5, 5.41) is 1.01. The smallest absolute Gasteiger partial charge is 0.155 e. The molecule has 1 aliphatic rings. The SMILES string of the molecule is CC(C(=O)Cc1cc2cc(-c3cncs3)cnc2cn1)N1CCCC1. The minimum Gasteiger partial charge on any atom is -0.298 e. The summed E-state index contributed by atoms with van der Waals surface area (Å²) in [6.07, 6.45) is 8.21. The van der Waals surface area contributed by atoms with Crippen LogP contribution in [-0.4, -0.2) is 44.8 Å². The van der Waals surface area contributed by atoms with Crippen molar-refractivity contribution in [2.75, 3.05) is 13.1 Å². The van der Waals surface area contributed by atoms with Crippen LogP contribution in [0.25, 0.3) is 21.3 Å². The van der Waals surface area contributed by atoms with E-state index in [0.29, 0.717) is 6.42 Å². The first-order valence-corrected chi connectivity index (χ1v) is 9.49. The molecule has 5 nitrogen and oxygen atoms in total. The standard InChI is InChI=1S/C19H20N4OS/c1-13(23-4-2-3-5-23)18(24)8-16-7-14-6-15(19-11-20-12-25-19)9-22-17(14)10-21-16/h6-7,9-13H,2-5,8H2,1H3. The first-order valence-electron chi connectivity index (χ1n) is 8.61. The lowest BCUT2D eigenvalue weighted by atomic mass is 10.1. The molecule has 0 bridgehead atoms. The fraction of sp³-hybridized carbons (Fsp3) is 0.368. The third-order valence-corrected chi connectivity index (χ3v) is 5.67. The Morgan fingerprint density at radius 3 is 2.80 bits per heavy atom. The van der Waals surface area contributed by atoms with Crippen LogP contribution in [0.5, 0.6) is 0 Å². The van der Waals surface area contributed by atoms with E-state index in [1.165, 1.54) is 12.8 Å². The van der Waals surface area contributed by atoms with Gasteiger partial charge < -0.3 is 0 Å². The Balaban J connectivity index is 1.56. The summed E-state index contributed by atoms with van der Waals surface area (Å²) in [5.41, 5.74) is 4.52. The number of nitrogens with zero attached hydrogens (tertiary/aromatic N) is 4. The van der Waals surface area contributed by atoms with Crippen LogP contribution in [0.1, 0.15) is 25.5 Å². The molecule has 0 saturated carbocycles. The predicted octanol–water partition coefficient (Wildman–Crippen LogP) is 3.35. The number of likely N-dealkylation sites (tertiary alicyclic amines) is 1. The molecule has 0 amide bonds. The van der Waals surface area contributed by atoms with Crippen LogP contribution in [0.15, 0.2) is 36.2 Å². The minimum absolute atomic E-state index is 0.0263. The van der Waals surface area contributed by atoms with Gasteiger partial charge in [0.05, 0.1) is 34.6 Å². The second kappa shape index (κ2) is 6.98. The van der Waals surface area contributed by atoms with Crippen LogP contribution in [-0.2, 0) is 11.2 Å². The van der Waals surface area contributed by atoms with Crippen molar-refractivity contribution in [1.29, 1.82) is 0 Å². The van der Waals surface area contributed by atoms with Gasteiger partial charge in [0.1, 0.15) is 0 Å². The number of thiazole rings is 1. The number of pyridine rings is 2. The lowest BCUT2D eigenvalue weighted by Crippen LogP contribution is -2.37. The quantitative estimate of drug-likeness (QED) is 0.705. The zero-order chi connectivity index (χ0) is 17.2. The van der Waals surface area contributed by atoms with Gasteiger partial charge in [0.15, 0.2) is 5.78 Å². The number of ketones is 1. The summed E-state index contributed by atoms with van der Waals surface area (Å²) in [6, 6.07) is 4.05. The van der Waals surface area contributed by atoms with Gasteiger partial charge in [-0.2, -0.15) is 0 Å². The molecule has 6 heteroatoms. The van der Waals surface area contributed by atoms with Crippen molar-refractivity contribution in [3.63, 3.8) is 0 Å². The van der Waals surface area contributed by atoms with Crippen molar-refractivity contribution < 1.29 is 4.79 Å². The minimum atomic E-state index is -0.0263. The first-order chi connectivity index (χ1) is 12.2. The average molecular weight is 352 g/mol. The van der Waals surface area contributed by atoms with Crippen LogP contribution in [0, 0.1) is 0 Å². The monoisotopic (exact) mass is 352 g/mol. The largest absolute Gasteiger partial charge is 0.298 e. The van der Waals surface area contributed by atoms with Gasteiger partial charge in [-0.15, -0.1) is 11.3 Å². The van der Waals surface area contributed by atoms with E-state index in [1.54, 1.807) is 17.5 Å². The van der Waals surface area contributed by atoms with E-state index in [1.807, 2.05) is 30.9 Å². The number of fused-ring (bicyclic) bond motifs is 1. The summed E-state index contributed by atoms with van der Waals surface area (Å²) in [4.78, 5) is 29.0. The van der Waals surface area contributed by atoms with E-state index in [9.17, 15) is 4.79 Å². The van der Waals surface area contributed by atoms with Crippen LogP contribution in [0.2, 0.25) is 0 Å². The first kappa shape index (κ1) is 16.3. The van der Waals surface area contributed by atoms with Crippen molar-refractivity contribution >= 4 is 28.0 Å². The van der Waals surface area contributed by atoms with Gasteiger partial charge in [-0.05, 0) is 45.0 Å². The fourth-order valence-electron chi connectivity index (χ4n) is 3.33. The van der Waals surface area contributed by atoms with Crippen molar-refractivity contribution in [3.05, 3.63) is 41.9 Å². The highest BCUT2D eigenvalue weighted by molar-refractivity contribution is 7.13. The van der Waals surface area contributed by atoms with Crippen molar-refractivity contribution in [2.24, 2.45) is 0 Å². The molecule has 1 aliphatic heterocycles. The molecule has 0 aromatic carbocycles. The third kappa shape index (κ3) is 3.45. The van der Waals surface area contributed by atoms with Gasteiger partial charge in [-0.3, -0.25) is 24.6 Å². The van der Waals surface area contributed by atoms with Gasteiger partial charge in [0.25, 0.3) is 0 Å². The van der Waals surface area contributed by atoms with E-state index in [2.05, 4.69) is 25.9 Å². The Bertz CT molecular complexity index is 888. The molecule has 1 fully saturated rings. The molecule has 0 N–H and O–H groups in total. The Hall–Kier alpha value is -2.18. The molecule has 0 spiro atoms. The molecule has 1 atom stereocenters. The summed E-state index contributed by atoms with van der Waals surface area (Å²) in [7, 11) is 0. The molecule has 1 saturated heterocycles. The van der Waals surface area contributed by atoms with Gasteiger partial charge in [0, 0.05) is 29.0 Å². The van der Waals surface area contributed by atoms with Crippen molar-refractivity contribution in [1.82, 2.24) is 19.9 Å². The fourth-order valence-corrected chi connectivity index (χ4v) is 3.93.